The molecule has 1 fully saturated rings. The predicted molar refractivity (Wildman–Crippen MR) is 77.9 cm³/mol. The maximum absolute atomic E-state index is 12.1. The lowest BCUT2D eigenvalue weighted by Gasteiger charge is -2.31. The number of piperidine rings is 1. The van der Waals surface area contributed by atoms with E-state index < -0.39 is 21.2 Å². The molecular formula is C11H24ClN3O3S. The van der Waals surface area contributed by atoms with Crippen molar-refractivity contribution in [1.82, 2.24) is 14.9 Å². The van der Waals surface area contributed by atoms with Crippen LogP contribution in [0.25, 0.3) is 0 Å². The minimum Gasteiger partial charge on any atom is -0.348 e. The molecule has 114 valence electrons. The van der Waals surface area contributed by atoms with Gasteiger partial charge in [-0.2, -0.15) is 0 Å². The average Bonchev–Trinajstić information content (AvgIpc) is 2.29. The van der Waals surface area contributed by atoms with Gasteiger partial charge in [0.25, 0.3) is 0 Å². The molecule has 0 aromatic heterocycles. The minimum atomic E-state index is -3.62. The maximum Gasteiger partial charge on any atom is 0.241 e. The highest BCUT2D eigenvalue weighted by Gasteiger charge is 2.33. The predicted octanol–water partition coefficient (Wildman–Crippen LogP) is -0.0552. The minimum absolute atomic E-state index is 0. The Morgan fingerprint density at radius 3 is 2.47 bits per heavy atom. The van der Waals surface area contributed by atoms with E-state index in [-0.39, 0.29) is 24.5 Å². The van der Waals surface area contributed by atoms with Crippen LogP contribution in [0.4, 0.5) is 0 Å². The zero-order valence-corrected chi connectivity index (χ0v) is 13.5. The van der Waals surface area contributed by atoms with Gasteiger partial charge in [0.05, 0.1) is 0 Å². The summed E-state index contributed by atoms with van der Waals surface area (Å²) in [5, 5.41) is 2.17. The van der Waals surface area contributed by atoms with Crippen molar-refractivity contribution in [3.63, 3.8) is 0 Å². The van der Waals surface area contributed by atoms with Gasteiger partial charge in [0, 0.05) is 26.2 Å². The number of nitrogens with one attached hydrogen (secondary N) is 2. The van der Waals surface area contributed by atoms with E-state index in [1.165, 1.54) is 11.8 Å². The second-order valence-electron chi connectivity index (χ2n) is 5.03. The number of sulfonamides is 1. The van der Waals surface area contributed by atoms with Gasteiger partial charge in [-0.15, -0.1) is 12.4 Å². The van der Waals surface area contributed by atoms with Crippen LogP contribution >= 0.6 is 12.4 Å². The SMILES string of the molecule is CC1NCCCC1NS(=O)(=O)C(C)C(=O)N(C)C.Cl. The van der Waals surface area contributed by atoms with Crippen LogP contribution in [-0.2, 0) is 14.8 Å². The fraction of sp³-hybridized carbons (Fsp3) is 0.909. The Balaban J connectivity index is 0.00000324. The Bertz CT molecular complexity index is 400. The van der Waals surface area contributed by atoms with Crippen molar-refractivity contribution in [2.75, 3.05) is 20.6 Å². The topological polar surface area (TPSA) is 78.5 Å². The van der Waals surface area contributed by atoms with Crippen LogP contribution in [0.3, 0.4) is 0 Å². The van der Waals surface area contributed by atoms with E-state index in [2.05, 4.69) is 10.0 Å². The third kappa shape index (κ3) is 4.91. The Hall–Kier alpha value is -0.370. The summed E-state index contributed by atoms with van der Waals surface area (Å²) >= 11 is 0. The van der Waals surface area contributed by atoms with Crippen molar-refractivity contribution < 1.29 is 13.2 Å². The van der Waals surface area contributed by atoms with Gasteiger partial charge >= 0.3 is 0 Å². The standard InChI is InChI=1S/C11H23N3O3S.ClH/c1-8-10(6-5-7-12-8)13-18(16,17)9(2)11(15)14(3)4;/h8-10,12-13H,5-7H2,1-4H3;1H. The fourth-order valence-electron chi connectivity index (χ4n) is 2.01. The monoisotopic (exact) mass is 313 g/mol. The number of carbonyl (C=O) groups excluding carboxylic acids is 1. The molecule has 1 amide bonds. The first-order valence-electron chi connectivity index (χ1n) is 6.21. The number of amides is 1. The van der Waals surface area contributed by atoms with E-state index in [1.807, 2.05) is 6.92 Å². The highest BCUT2D eigenvalue weighted by molar-refractivity contribution is 7.90. The van der Waals surface area contributed by atoms with Crippen LogP contribution < -0.4 is 10.0 Å². The van der Waals surface area contributed by atoms with Gasteiger partial charge in [-0.3, -0.25) is 4.79 Å². The van der Waals surface area contributed by atoms with E-state index in [4.69, 9.17) is 0 Å². The van der Waals surface area contributed by atoms with Crippen LogP contribution in [-0.4, -0.2) is 57.2 Å². The summed E-state index contributed by atoms with van der Waals surface area (Å²) in [7, 11) is -0.509. The maximum atomic E-state index is 12.1. The van der Waals surface area contributed by atoms with Crippen LogP contribution in [0.2, 0.25) is 0 Å². The molecule has 1 saturated heterocycles. The zero-order valence-electron chi connectivity index (χ0n) is 11.8. The Morgan fingerprint density at radius 1 is 1.42 bits per heavy atom. The Labute approximate surface area is 121 Å². The molecule has 0 aromatic carbocycles. The molecule has 1 aliphatic rings. The van der Waals surface area contributed by atoms with Crippen LogP contribution in [0.5, 0.6) is 0 Å². The van der Waals surface area contributed by atoms with E-state index in [0.717, 1.165) is 19.4 Å². The summed E-state index contributed by atoms with van der Waals surface area (Å²) in [5.41, 5.74) is 0. The summed E-state index contributed by atoms with van der Waals surface area (Å²) in [5.74, 6) is -0.404. The normalized spacial score (nSPS) is 25.3. The van der Waals surface area contributed by atoms with Crippen LogP contribution in [0.1, 0.15) is 26.7 Å². The molecule has 1 aliphatic heterocycles. The van der Waals surface area contributed by atoms with Crippen molar-refractivity contribution >= 4 is 28.3 Å². The lowest BCUT2D eigenvalue weighted by atomic mass is 10.0. The molecule has 0 aromatic rings. The third-order valence-electron chi connectivity index (χ3n) is 3.33. The zero-order chi connectivity index (χ0) is 13.9. The van der Waals surface area contributed by atoms with Crippen molar-refractivity contribution in [3.8, 4) is 0 Å². The second kappa shape index (κ2) is 7.42. The molecule has 2 N–H and O–H groups in total. The first-order chi connectivity index (χ1) is 8.25. The molecule has 0 bridgehead atoms. The molecule has 0 aliphatic carbocycles. The molecule has 0 saturated carbocycles. The number of hydrogen-bond acceptors (Lipinski definition) is 4. The van der Waals surface area contributed by atoms with Crippen molar-refractivity contribution in [1.29, 1.82) is 0 Å². The number of nitrogens with zero attached hydrogens (tertiary/aromatic N) is 1. The molecule has 8 heteroatoms. The van der Waals surface area contributed by atoms with Gasteiger partial charge in [-0.05, 0) is 33.2 Å². The van der Waals surface area contributed by atoms with Gasteiger partial charge in [-0.1, -0.05) is 0 Å². The molecule has 6 nitrogen and oxygen atoms in total. The van der Waals surface area contributed by atoms with E-state index in [0.29, 0.717) is 0 Å². The summed E-state index contributed by atoms with van der Waals surface area (Å²) < 4.78 is 26.9. The highest BCUT2D eigenvalue weighted by atomic mass is 35.5. The van der Waals surface area contributed by atoms with Crippen LogP contribution in [0, 0.1) is 0 Å². The summed E-state index contributed by atoms with van der Waals surface area (Å²) in [6.07, 6.45) is 1.74. The fourth-order valence-corrected chi connectivity index (χ4v) is 3.44. The lowest BCUT2D eigenvalue weighted by molar-refractivity contribution is -0.127. The van der Waals surface area contributed by atoms with Gasteiger partial charge in [0.1, 0.15) is 0 Å². The first-order valence-corrected chi connectivity index (χ1v) is 7.76. The smallest absolute Gasteiger partial charge is 0.241 e. The average molecular weight is 314 g/mol. The molecule has 3 atom stereocenters. The summed E-state index contributed by atoms with van der Waals surface area (Å²) in [4.78, 5) is 13.0. The molecule has 3 unspecified atom stereocenters. The van der Waals surface area contributed by atoms with Gasteiger partial charge < -0.3 is 10.2 Å². The largest absolute Gasteiger partial charge is 0.348 e. The molecule has 0 spiro atoms. The van der Waals surface area contributed by atoms with Crippen molar-refractivity contribution in [2.24, 2.45) is 0 Å². The third-order valence-corrected chi connectivity index (χ3v) is 5.10. The number of hydrogen-bond donors (Lipinski definition) is 2. The molecular weight excluding hydrogens is 290 g/mol. The lowest BCUT2D eigenvalue weighted by Crippen LogP contribution is -2.54. The number of carbonyl (C=O) groups is 1. The highest BCUT2D eigenvalue weighted by Crippen LogP contribution is 2.12. The van der Waals surface area contributed by atoms with E-state index >= 15 is 0 Å². The number of rotatable bonds is 4. The second-order valence-corrected chi connectivity index (χ2v) is 7.06. The van der Waals surface area contributed by atoms with E-state index in [1.54, 1.807) is 14.1 Å². The first kappa shape index (κ1) is 18.6. The van der Waals surface area contributed by atoms with Gasteiger partial charge in [0.15, 0.2) is 5.25 Å². The molecule has 19 heavy (non-hydrogen) atoms. The molecule has 1 heterocycles. The van der Waals surface area contributed by atoms with Crippen molar-refractivity contribution in [2.45, 2.75) is 44.0 Å². The Kier molecular flexibility index (Phi) is 7.28. The number of halogens is 1. The molecule has 0 radical (unpaired) electrons. The van der Waals surface area contributed by atoms with Crippen LogP contribution in [0.15, 0.2) is 0 Å². The summed E-state index contributed by atoms with van der Waals surface area (Å²) in [6, 6.07) is -0.0451. The van der Waals surface area contributed by atoms with Gasteiger partial charge in [-0.25, -0.2) is 13.1 Å². The van der Waals surface area contributed by atoms with E-state index in [9.17, 15) is 13.2 Å². The molecule has 1 rings (SSSR count). The Morgan fingerprint density at radius 2 is 2.00 bits per heavy atom. The quantitative estimate of drug-likeness (QED) is 0.762. The summed E-state index contributed by atoms with van der Waals surface area (Å²) in [6.45, 7) is 4.28. The van der Waals surface area contributed by atoms with Crippen molar-refractivity contribution in [3.05, 3.63) is 0 Å². The van der Waals surface area contributed by atoms with Gasteiger partial charge in [0.2, 0.25) is 15.9 Å².